The highest BCUT2D eigenvalue weighted by atomic mass is 19.1. The molecule has 2 heterocycles. The third-order valence-corrected chi connectivity index (χ3v) is 6.27. The van der Waals surface area contributed by atoms with Crippen molar-refractivity contribution >= 4 is 5.91 Å². The van der Waals surface area contributed by atoms with Gasteiger partial charge in [0.15, 0.2) is 0 Å². The number of likely N-dealkylation sites (N-methyl/N-ethyl adjacent to an activating group) is 1. The highest BCUT2D eigenvalue weighted by molar-refractivity contribution is 5.94. The highest BCUT2D eigenvalue weighted by Crippen LogP contribution is 2.44. The summed E-state index contributed by atoms with van der Waals surface area (Å²) in [5.41, 5.74) is 2.19. The van der Waals surface area contributed by atoms with Gasteiger partial charge in [-0.25, -0.2) is 4.39 Å². The Bertz CT molecular complexity index is 766. The lowest BCUT2D eigenvalue weighted by atomic mass is 9.81. The molecule has 2 aromatic carbocycles. The molecule has 3 nitrogen and oxygen atoms in total. The van der Waals surface area contributed by atoms with Crippen LogP contribution in [-0.4, -0.2) is 47.9 Å². The summed E-state index contributed by atoms with van der Waals surface area (Å²) < 4.78 is 13.1. The molecule has 0 unspecified atom stereocenters. The number of nitrogens with zero attached hydrogens (tertiary/aromatic N) is 2. The SMILES string of the molecule is CN1C[C@@H](c2ccccc2)CC12CCN(C(=O)c1ccc(F)cc1)CC2. The van der Waals surface area contributed by atoms with Gasteiger partial charge in [-0.05, 0) is 62.1 Å². The Morgan fingerprint density at radius 2 is 1.69 bits per heavy atom. The molecule has 26 heavy (non-hydrogen) atoms. The van der Waals surface area contributed by atoms with Crippen LogP contribution in [0.15, 0.2) is 54.6 Å². The summed E-state index contributed by atoms with van der Waals surface area (Å²) in [4.78, 5) is 17.1. The molecule has 136 valence electrons. The van der Waals surface area contributed by atoms with Crippen molar-refractivity contribution in [3.05, 3.63) is 71.5 Å². The van der Waals surface area contributed by atoms with Crippen LogP contribution < -0.4 is 0 Å². The fourth-order valence-electron chi connectivity index (χ4n) is 4.64. The Morgan fingerprint density at radius 1 is 1.04 bits per heavy atom. The Kier molecular flexibility index (Phi) is 4.53. The lowest BCUT2D eigenvalue weighted by Crippen LogP contribution is -2.52. The molecular formula is C22H25FN2O. The summed E-state index contributed by atoms with van der Waals surface area (Å²) in [6, 6.07) is 16.6. The van der Waals surface area contributed by atoms with Crippen LogP contribution >= 0.6 is 0 Å². The van der Waals surface area contributed by atoms with E-state index in [1.165, 1.54) is 17.7 Å². The molecule has 2 aliphatic heterocycles. The number of amides is 1. The first-order chi connectivity index (χ1) is 12.6. The van der Waals surface area contributed by atoms with Gasteiger partial charge < -0.3 is 4.90 Å². The molecule has 4 heteroatoms. The van der Waals surface area contributed by atoms with E-state index >= 15 is 0 Å². The predicted molar refractivity (Wildman–Crippen MR) is 101 cm³/mol. The molecule has 0 saturated carbocycles. The molecule has 2 saturated heterocycles. The van der Waals surface area contributed by atoms with E-state index < -0.39 is 0 Å². The average Bonchev–Trinajstić information content (AvgIpc) is 2.99. The van der Waals surface area contributed by atoms with E-state index in [2.05, 4.69) is 42.3 Å². The van der Waals surface area contributed by atoms with Crippen molar-refractivity contribution in [3.8, 4) is 0 Å². The van der Waals surface area contributed by atoms with Gasteiger partial charge in [-0.15, -0.1) is 0 Å². The van der Waals surface area contributed by atoms with E-state index in [0.717, 1.165) is 38.9 Å². The Morgan fingerprint density at radius 3 is 2.35 bits per heavy atom. The molecule has 2 fully saturated rings. The second kappa shape index (κ2) is 6.84. The van der Waals surface area contributed by atoms with Gasteiger partial charge in [-0.3, -0.25) is 9.69 Å². The van der Waals surface area contributed by atoms with E-state index in [4.69, 9.17) is 0 Å². The van der Waals surface area contributed by atoms with E-state index in [1.54, 1.807) is 12.1 Å². The number of carbonyl (C=O) groups is 1. The predicted octanol–water partition coefficient (Wildman–Crippen LogP) is 3.92. The fourth-order valence-corrected chi connectivity index (χ4v) is 4.64. The first-order valence-corrected chi connectivity index (χ1v) is 9.38. The van der Waals surface area contributed by atoms with Crippen molar-refractivity contribution < 1.29 is 9.18 Å². The van der Waals surface area contributed by atoms with Crippen LogP contribution in [0.4, 0.5) is 4.39 Å². The largest absolute Gasteiger partial charge is 0.339 e. The van der Waals surface area contributed by atoms with Crippen LogP contribution in [-0.2, 0) is 0 Å². The van der Waals surface area contributed by atoms with Crippen LogP contribution in [0.25, 0.3) is 0 Å². The van der Waals surface area contributed by atoms with Crippen LogP contribution in [0.1, 0.15) is 41.1 Å². The standard InChI is InChI=1S/C22H25FN2O/c1-24-16-19(17-5-3-2-4-6-17)15-22(24)11-13-25(14-12-22)21(26)18-7-9-20(23)10-8-18/h2-10,19H,11-16H2,1H3/t19-/m0/s1. The number of carbonyl (C=O) groups excluding carboxylic acids is 1. The van der Waals surface area contributed by atoms with Gasteiger partial charge >= 0.3 is 0 Å². The van der Waals surface area contributed by atoms with Crippen molar-refractivity contribution in [1.29, 1.82) is 0 Å². The Hall–Kier alpha value is -2.20. The molecule has 1 atom stereocenters. The third-order valence-electron chi connectivity index (χ3n) is 6.27. The highest BCUT2D eigenvalue weighted by Gasteiger charge is 2.46. The monoisotopic (exact) mass is 352 g/mol. The van der Waals surface area contributed by atoms with Gasteiger partial charge in [-0.1, -0.05) is 30.3 Å². The summed E-state index contributed by atoms with van der Waals surface area (Å²) in [5, 5.41) is 0. The molecule has 2 aromatic rings. The quantitative estimate of drug-likeness (QED) is 0.818. The minimum Gasteiger partial charge on any atom is -0.339 e. The maximum absolute atomic E-state index is 13.1. The summed E-state index contributed by atoms with van der Waals surface area (Å²) >= 11 is 0. The van der Waals surface area contributed by atoms with Crippen molar-refractivity contribution in [3.63, 3.8) is 0 Å². The lowest BCUT2D eigenvalue weighted by Gasteiger charge is -2.43. The molecule has 0 N–H and O–H groups in total. The second-order valence-electron chi connectivity index (χ2n) is 7.72. The summed E-state index contributed by atoms with van der Waals surface area (Å²) in [6.07, 6.45) is 3.16. The normalized spacial score (nSPS) is 22.7. The van der Waals surface area contributed by atoms with Gasteiger partial charge in [0.1, 0.15) is 5.82 Å². The van der Waals surface area contributed by atoms with Crippen molar-refractivity contribution in [1.82, 2.24) is 9.80 Å². The van der Waals surface area contributed by atoms with Gasteiger partial charge in [0.05, 0.1) is 0 Å². The maximum atomic E-state index is 13.1. The fraction of sp³-hybridized carbons (Fsp3) is 0.409. The van der Waals surface area contributed by atoms with Crippen LogP contribution in [0.3, 0.4) is 0 Å². The summed E-state index contributed by atoms with van der Waals surface area (Å²) in [6.45, 7) is 2.61. The van der Waals surface area contributed by atoms with Crippen LogP contribution in [0.2, 0.25) is 0 Å². The van der Waals surface area contributed by atoms with E-state index in [9.17, 15) is 9.18 Å². The molecule has 0 aliphatic carbocycles. The number of rotatable bonds is 2. The van der Waals surface area contributed by atoms with Crippen molar-refractivity contribution in [2.45, 2.75) is 30.7 Å². The van der Waals surface area contributed by atoms with E-state index in [-0.39, 0.29) is 17.3 Å². The topological polar surface area (TPSA) is 23.6 Å². The number of halogens is 1. The minimum atomic E-state index is -0.307. The summed E-state index contributed by atoms with van der Waals surface area (Å²) in [5.74, 6) is 0.277. The zero-order valence-electron chi connectivity index (χ0n) is 15.2. The van der Waals surface area contributed by atoms with Gasteiger partial charge in [0, 0.05) is 30.7 Å². The van der Waals surface area contributed by atoms with Gasteiger partial charge in [-0.2, -0.15) is 0 Å². The Labute approximate surface area is 154 Å². The third kappa shape index (κ3) is 3.14. The van der Waals surface area contributed by atoms with Crippen LogP contribution in [0.5, 0.6) is 0 Å². The van der Waals surface area contributed by atoms with Crippen molar-refractivity contribution in [2.24, 2.45) is 0 Å². The average molecular weight is 352 g/mol. The number of hydrogen-bond donors (Lipinski definition) is 0. The van der Waals surface area contributed by atoms with Gasteiger partial charge in [0.2, 0.25) is 0 Å². The number of hydrogen-bond acceptors (Lipinski definition) is 2. The zero-order valence-corrected chi connectivity index (χ0v) is 15.2. The minimum absolute atomic E-state index is 0.0140. The smallest absolute Gasteiger partial charge is 0.253 e. The maximum Gasteiger partial charge on any atom is 0.253 e. The number of piperidine rings is 1. The first kappa shape index (κ1) is 17.2. The lowest BCUT2D eigenvalue weighted by molar-refractivity contribution is 0.0492. The molecule has 0 aromatic heterocycles. The van der Waals surface area contributed by atoms with Crippen molar-refractivity contribution in [2.75, 3.05) is 26.7 Å². The summed E-state index contributed by atoms with van der Waals surface area (Å²) in [7, 11) is 2.22. The van der Waals surface area contributed by atoms with Crippen LogP contribution in [0, 0.1) is 5.82 Å². The molecule has 1 amide bonds. The van der Waals surface area contributed by atoms with E-state index in [0.29, 0.717) is 11.5 Å². The molecule has 0 bridgehead atoms. The van der Waals surface area contributed by atoms with Gasteiger partial charge in [0.25, 0.3) is 5.91 Å². The van der Waals surface area contributed by atoms with E-state index in [1.807, 2.05) is 4.90 Å². The number of benzene rings is 2. The second-order valence-corrected chi connectivity index (χ2v) is 7.72. The zero-order chi connectivity index (χ0) is 18.1. The molecule has 2 aliphatic rings. The molecule has 4 rings (SSSR count). The molecular weight excluding hydrogens is 327 g/mol. The molecule has 0 radical (unpaired) electrons. The number of likely N-dealkylation sites (tertiary alicyclic amines) is 2. The first-order valence-electron chi connectivity index (χ1n) is 9.38. The Balaban J connectivity index is 1.43. The molecule has 1 spiro atoms.